The molecule has 9 atom stereocenters. The van der Waals surface area contributed by atoms with Crippen molar-refractivity contribution in [1.29, 1.82) is 0 Å². The van der Waals surface area contributed by atoms with Gasteiger partial charge in [0.05, 0.1) is 49.9 Å². The number of ether oxygens (including phenoxy) is 2. The van der Waals surface area contributed by atoms with Crippen molar-refractivity contribution in [3.8, 4) is 0 Å². The second kappa shape index (κ2) is 23.9. The lowest BCUT2D eigenvalue weighted by Gasteiger charge is -2.37. The number of hydrogen-bond donors (Lipinski definition) is 2. The van der Waals surface area contributed by atoms with Crippen LogP contribution in [0.3, 0.4) is 0 Å². The molecule has 14 heteroatoms. The van der Waals surface area contributed by atoms with E-state index >= 15 is 0 Å². The Balaban J connectivity index is 0.000000213. The van der Waals surface area contributed by atoms with Crippen LogP contribution in [0.25, 0.3) is 0 Å². The molecule has 6 aliphatic rings. The molecule has 2 aromatic heterocycles. The molecule has 2 aliphatic carbocycles. The van der Waals surface area contributed by atoms with E-state index in [1.165, 1.54) is 70.6 Å². The molecule has 2 aromatic carbocycles. The van der Waals surface area contributed by atoms with Crippen LogP contribution in [0, 0.1) is 37.5 Å². The van der Waals surface area contributed by atoms with Crippen molar-refractivity contribution in [2.45, 2.75) is 162 Å². The SMILES string of the molecule is CCC(C)C1CC2CCCCC2N1c1cc([C@H](C)NC(=O)c2ccc(N3CCOCC3)cc2)nc(C)n1.Cc1nc(C(C)NC(=O)c2ccc(N3CCOCC3)cc2)cc(N2C(C(C)C)CC3CCCCC32)n1.[HH].[HH]. The topological polar surface area (TPSA) is 141 Å². The zero-order valence-corrected chi connectivity index (χ0v) is 45.2. The smallest absolute Gasteiger partial charge is 0.251 e. The number of aryl methyl sites for hydroxylation is 2. The van der Waals surface area contributed by atoms with Gasteiger partial charge in [0, 0.05) is 87.8 Å². The molecule has 4 saturated heterocycles. The quantitative estimate of drug-likeness (QED) is 0.132. The maximum absolute atomic E-state index is 13.1. The molecule has 14 nitrogen and oxygen atoms in total. The van der Waals surface area contributed by atoms with E-state index in [1.807, 2.05) is 76.2 Å². The van der Waals surface area contributed by atoms with Crippen molar-refractivity contribution in [2.24, 2.45) is 23.7 Å². The first-order valence-corrected chi connectivity index (χ1v) is 28.1. The Hall–Kier alpha value is -5.34. The number of nitrogens with one attached hydrogen (secondary N) is 2. The van der Waals surface area contributed by atoms with Crippen LogP contribution < -0.4 is 30.2 Å². The molecule has 4 aromatic rings. The molecule has 2 saturated carbocycles. The van der Waals surface area contributed by atoms with E-state index in [0.717, 1.165) is 110 Å². The summed E-state index contributed by atoms with van der Waals surface area (Å²) in [6.45, 7) is 23.8. The molecule has 398 valence electrons. The summed E-state index contributed by atoms with van der Waals surface area (Å²) in [5.74, 6) is 6.18. The Morgan fingerprint density at radius 2 is 0.986 bits per heavy atom. The highest BCUT2D eigenvalue weighted by atomic mass is 16.5. The lowest BCUT2D eigenvalue weighted by molar-refractivity contribution is 0.0930. The third-order valence-corrected chi connectivity index (χ3v) is 17.1. The average molecular weight is 1000 g/mol. The summed E-state index contributed by atoms with van der Waals surface area (Å²) in [5.41, 5.74) is 5.34. The zero-order valence-electron chi connectivity index (χ0n) is 45.2. The molecule has 0 radical (unpaired) electrons. The molecular formula is C59H88N10O4. The molecule has 6 heterocycles. The molecule has 73 heavy (non-hydrogen) atoms. The summed E-state index contributed by atoms with van der Waals surface area (Å²) in [6, 6.07) is 21.8. The second-order valence-corrected chi connectivity index (χ2v) is 22.4. The Labute approximate surface area is 438 Å². The fourth-order valence-corrected chi connectivity index (χ4v) is 12.9. The van der Waals surface area contributed by atoms with Gasteiger partial charge in [-0.05, 0) is 138 Å². The number of rotatable bonds is 13. The van der Waals surface area contributed by atoms with Gasteiger partial charge in [-0.2, -0.15) is 0 Å². The minimum absolute atomic E-state index is 0. The maximum atomic E-state index is 13.1. The molecule has 8 unspecified atom stereocenters. The Kier molecular flexibility index (Phi) is 17.2. The summed E-state index contributed by atoms with van der Waals surface area (Å²) < 4.78 is 10.9. The van der Waals surface area contributed by atoms with Gasteiger partial charge in [0.25, 0.3) is 11.8 Å². The summed E-state index contributed by atoms with van der Waals surface area (Å²) in [6.07, 6.45) is 14.2. The fraction of sp³-hybridized carbons (Fsp3) is 0.627. The Bertz CT molecular complexity index is 2470. The van der Waals surface area contributed by atoms with E-state index in [-0.39, 0.29) is 26.8 Å². The molecule has 4 aliphatic heterocycles. The van der Waals surface area contributed by atoms with Crippen molar-refractivity contribution in [3.63, 3.8) is 0 Å². The van der Waals surface area contributed by atoms with Crippen molar-refractivity contribution >= 4 is 34.8 Å². The third-order valence-electron chi connectivity index (χ3n) is 17.1. The largest absolute Gasteiger partial charge is 0.378 e. The van der Waals surface area contributed by atoms with Gasteiger partial charge in [-0.25, -0.2) is 19.9 Å². The minimum atomic E-state index is -0.210. The maximum Gasteiger partial charge on any atom is 0.251 e. The number of aromatic nitrogens is 4. The van der Waals surface area contributed by atoms with E-state index in [2.05, 4.69) is 70.1 Å². The van der Waals surface area contributed by atoms with Crippen LogP contribution in [0.15, 0.2) is 60.7 Å². The number of nitrogens with zero attached hydrogens (tertiary/aromatic N) is 8. The third kappa shape index (κ3) is 12.3. The molecule has 2 N–H and O–H groups in total. The first-order valence-electron chi connectivity index (χ1n) is 28.1. The van der Waals surface area contributed by atoms with Gasteiger partial charge in [0.2, 0.25) is 0 Å². The average Bonchev–Trinajstić information content (AvgIpc) is 4.02. The number of morpholine rings is 2. The highest BCUT2D eigenvalue weighted by Crippen LogP contribution is 2.46. The molecule has 6 fully saturated rings. The van der Waals surface area contributed by atoms with Crippen molar-refractivity contribution in [2.75, 3.05) is 72.2 Å². The minimum Gasteiger partial charge on any atom is -0.378 e. The van der Waals surface area contributed by atoms with Gasteiger partial charge in [0.1, 0.15) is 23.3 Å². The zero-order chi connectivity index (χ0) is 51.2. The van der Waals surface area contributed by atoms with Gasteiger partial charge in [-0.3, -0.25) is 9.59 Å². The molecule has 0 spiro atoms. The summed E-state index contributed by atoms with van der Waals surface area (Å²) in [5, 5.41) is 6.34. The van der Waals surface area contributed by atoms with Crippen molar-refractivity contribution in [1.82, 2.24) is 30.6 Å². The number of hydrogen-bond acceptors (Lipinski definition) is 12. The van der Waals surface area contributed by atoms with Crippen molar-refractivity contribution in [3.05, 3.63) is 94.8 Å². The Morgan fingerprint density at radius 3 is 1.40 bits per heavy atom. The van der Waals surface area contributed by atoms with Crippen LogP contribution in [-0.2, 0) is 9.47 Å². The number of fused-ring (bicyclic) bond motifs is 2. The first kappa shape index (κ1) is 52.5. The van der Waals surface area contributed by atoms with Crippen molar-refractivity contribution < 1.29 is 21.9 Å². The van der Waals surface area contributed by atoms with Gasteiger partial charge in [0.15, 0.2) is 0 Å². The number of anilines is 4. The van der Waals surface area contributed by atoms with Crippen LogP contribution in [0.5, 0.6) is 0 Å². The van der Waals surface area contributed by atoms with Crippen LogP contribution in [0.2, 0.25) is 0 Å². The lowest BCUT2D eigenvalue weighted by Crippen LogP contribution is -2.42. The normalized spacial score (nSPS) is 25.3. The molecule has 0 bridgehead atoms. The van der Waals surface area contributed by atoms with E-state index in [9.17, 15) is 9.59 Å². The predicted octanol–water partition coefficient (Wildman–Crippen LogP) is 10.7. The van der Waals surface area contributed by atoms with Crippen LogP contribution in [0.1, 0.15) is 171 Å². The number of carbonyl (C=O) groups is 2. The summed E-state index contributed by atoms with van der Waals surface area (Å²) >= 11 is 0. The summed E-state index contributed by atoms with van der Waals surface area (Å²) in [7, 11) is 0. The van der Waals surface area contributed by atoms with Gasteiger partial charge in [-0.1, -0.05) is 59.8 Å². The molecule has 2 amide bonds. The van der Waals surface area contributed by atoms with Gasteiger partial charge < -0.3 is 39.7 Å². The molecular weight excluding hydrogens is 913 g/mol. The lowest BCUT2D eigenvalue weighted by atomic mass is 9.84. The first-order chi connectivity index (χ1) is 35.3. The van der Waals surface area contributed by atoms with E-state index in [4.69, 9.17) is 29.4 Å². The standard InChI is InChI=1S/C30H43N5O2.C29H41N5O2.2H2/c1-5-20(2)28-18-24-8-6-7-9-27(24)35(28)29-19-26(32-22(4)33-29)21(3)31-30(36)23-10-12-25(13-11-23)34-14-16-37-17-15-34;1-19(2)27-17-23-7-5-6-8-26(23)34(27)28-18-25(31-21(4)32-28)20(3)30-29(35)22-9-11-24(12-10-22)33-13-15-36-16-14-33;;/h10-13,19-21,24,27-28H,5-9,14-18H2,1-4H3,(H,31,36);9-12,18-20,23,26-27H,5-8,13-17H2,1-4H3,(H,30,35);2*1H/t20?,21-,24?,27?,28?;;;/m0.../s1. The van der Waals surface area contributed by atoms with E-state index in [1.54, 1.807) is 0 Å². The van der Waals surface area contributed by atoms with Crippen LogP contribution >= 0.6 is 0 Å². The second-order valence-electron chi connectivity index (χ2n) is 22.4. The highest BCUT2D eigenvalue weighted by Gasteiger charge is 2.45. The highest BCUT2D eigenvalue weighted by molar-refractivity contribution is 5.95. The summed E-state index contributed by atoms with van der Waals surface area (Å²) in [4.78, 5) is 55.3. The molecule has 10 rings (SSSR count). The number of carbonyl (C=O) groups excluding carboxylic acids is 2. The Morgan fingerprint density at radius 1 is 0.589 bits per heavy atom. The monoisotopic (exact) mass is 1000 g/mol. The number of benzene rings is 2. The van der Waals surface area contributed by atoms with E-state index < -0.39 is 0 Å². The predicted molar refractivity (Wildman–Crippen MR) is 296 cm³/mol. The fourth-order valence-electron chi connectivity index (χ4n) is 12.9. The van der Waals surface area contributed by atoms with Gasteiger partial charge >= 0.3 is 0 Å². The van der Waals surface area contributed by atoms with E-state index in [0.29, 0.717) is 47.1 Å². The van der Waals surface area contributed by atoms with Gasteiger partial charge in [-0.15, -0.1) is 0 Å². The van der Waals surface area contributed by atoms with Crippen LogP contribution in [-0.4, -0.2) is 109 Å². The van der Waals surface area contributed by atoms with Crippen LogP contribution in [0.4, 0.5) is 23.0 Å². The number of amides is 2.